The maximum Gasteiger partial charge on any atom is 0.266 e. The Kier molecular flexibility index (Phi) is 5.00. The van der Waals surface area contributed by atoms with Gasteiger partial charge >= 0.3 is 0 Å². The van der Waals surface area contributed by atoms with Crippen LogP contribution < -0.4 is 5.56 Å². The van der Waals surface area contributed by atoms with Gasteiger partial charge in [-0.05, 0) is 83.6 Å². The molecule has 0 fully saturated rings. The van der Waals surface area contributed by atoms with E-state index in [4.69, 9.17) is 4.98 Å². The highest BCUT2D eigenvalue weighted by molar-refractivity contribution is 14.1. The molecule has 0 atom stereocenters. The first kappa shape index (κ1) is 18.4. The molecule has 4 aromatic rings. The van der Waals surface area contributed by atoms with Crippen LogP contribution in [-0.4, -0.2) is 14.7 Å². The fourth-order valence-electron chi connectivity index (χ4n) is 2.99. The van der Waals surface area contributed by atoms with Gasteiger partial charge in [-0.15, -0.1) is 0 Å². The number of rotatable bonds is 3. The monoisotopic (exact) mass is 480 g/mol. The van der Waals surface area contributed by atoms with E-state index in [-0.39, 0.29) is 11.3 Å². The third-order valence-electron chi connectivity index (χ3n) is 4.47. The van der Waals surface area contributed by atoms with Crippen molar-refractivity contribution in [3.8, 4) is 11.4 Å². The standard InChI is InChI=1S/C23H17IN2O2/c1-15-2-8-18(9-3-15)26-22(13-6-16-4-10-19(27)11-5-16)25-21-12-7-17(24)14-20(21)23(26)28/h2-14,27H,1H3/b13-6+. The lowest BCUT2D eigenvalue weighted by molar-refractivity contribution is 0.475. The lowest BCUT2D eigenvalue weighted by Crippen LogP contribution is -2.22. The van der Waals surface area contributed by atoms with Gasteiger partial charge in [-0.2, -0.15) is 0 Å². The molecule has 138 valence electrons. The van der Waals surface area contributed by atoms with Gasteiger partial charge in [0.25, 0.3) is 5.56 Å². The number of halogens is 1. The summed E-state index contributed by atoms with van der Waals surface area (Å²) in [5.74, 6) is 0.766. The maximum atomic E-state index is 13.3. The smallest absolute Gasteiger partial charge is 0.266 e. The molecule has 0 unspecified atom stereocenters. The van der Waals surface area contributed by atoms with Crippen molar-refractivity contribution in [2.45, 2.75) is 6.92 Å². The minimum Gasteiger partial charge on any atom is -0.508 e. The molecule has 0 aliphatic carbocycles. The molecule has 4 nitrogen and oxygen atoms in total. The van der Waals surface area contributed by atoms with E-state index in [0.717, 1.165) is 20.4 Å². The Hall–Kier alpha value is -2.93. The molecule has 1 aromatic heterocycles. The summed E-state index contributed by atoms with van der Waals surface area (Å²) in [5.41, 5.74) is 3.37. The van der Waals surface area contributed by atoms with Gasteiger partial charge in [-0.25, -0.2) is 4.98 Å². The van der Waals surface area contributed by atoms with E-state index in [1.807, 2.05) is 73.7 Å². The van der Waals surface area contributed by atoms with Crippen molar-refractivity contribution in [1.82, 2.24) is 9.55 Å². The molecule has 28 heavy (non-hydrogen) atoms. The largest absolute Gasteiger partial charge is 0.508 e. The number of phenolic OH excluding ortho intramolecular Hbond substituents is 1. The van der Waals surface area contributed by atoms with Gasteiger partial charge in [-0.1, -0.05) is 35.9 Å². The van der Waals surface area contributed by atoms with Gasteiger partial charge in [0.2, 0.25) is 0 Å². The predicted molar refractivity (Wildman–Crippen MR) is 122 cm³/mol. The number of phenols is 1. The molecule has 0 saturated carbocycles. The van der Waals surface area contributed by atoms with E-state index in [9.17, 15) is 9.90 Å². The predicted octanol–water partition coefficient (Wildman–Crippen LogP) is 5.17. The molecule has 1 N–H and O–H groups in total. The van der Waals surface area contributed by atoms with Gasteiger partial charge in [0.15, 0.2) is 0 Å². The SMILES string of the molecule is Cc1ccc(-n2c(/C=C/c3ccc(O)cc3)nc3ccc(I)cc3c2=O)cc1. The Morgan fingerprint density at radius 3 is 2.39 bits per heavy atom. The molecule has 0 radical (unpaired) electrons. The summed E-state index contributed by atoms with van der Waals surface area (Å²) in [6.07, 6.45) is 3.70. The van der Waals surface area contributed by atoms with Crippen molar-refractivity contribution >= 4 is 45.6 Å². The van der Waals surface area contributed by atoms with Crippen molar-refractivity contribution < 1.29 is 5.11 Å². The second kappa shape index (κ2) is 7.59. The first-order valence-corrected chi connectivity index (χ1v) is 9.85. The van der Waals surface area contributed by atoms with Crippen molar-refractivity contribution in [3.63, 3.8) is 0 Å². The fourth-order valence-corrected chi connectivity index (χ4v) is 3.48. The van der Waals surface area contributed by atoms with Crippen LogP contribution in [0.3, 0.4) is 0 Å². The summed E-state index contributed by atoms with van der Waals surface area (Å²) < 4.78 is 2.63. The molecule has 0 spiro atoms. The lowest BCUT2D eigenvalue weighted by atomic mass is 10.2. The maximum absolute atomic E-state index is 13.3. The molecule has 5 heteroatoms. The Morgan fingerprint density at radius 1 is 0.964 bits per heavy atom. The lowest BCUT2D eigenvalue weighted by Gasteiger charge is -2.12. The van der Waals surface area contributed by atoms with E-state index < -0.39 is 0 Å². The summed E-state index contributed by atoms with van der Waals surface area (Å²) in [7, 11) is 0. The van der Waals surface area contributed by atoms with E-state index in [0.29, 0.717) is 16.7 Å². The highest BCUT2D eigenvalue weighted by Gasteiger charge is 2.11. The van der Waals surface area contributed by atoms with Crippen LogP contribution in [0, 0.1) is 10.5 Å². The number of hydrogen-bond acceptors (Lipinski definition) is 3. The van der Waals surface area contributed by atoms with Crippen LogP contribution in [-0.2, 0) is 0 Å². The van der Waals surface area contributed by atoms with Crippen molar-refractivity contribution in [2.75, 3.05) is 0 Å². The summed E-state index contributed by atoms with van der Waals surface area (Å²) in [4.78, 5) is 18.0. The van der Waals surface area contributed by atoms with Gasteiger partial charge in [-0.3, -0.25) is 9.36 Å². The van der Waals surface area contributed by atoms with E-state index in [1.54, 1.807) is 16.7 Å². The third kappa shape index (κ3) is 3.71. The van der Waals surface area contributed by atoms with Crippen molar-refractivity contribution in [2.24, 2.45) is 0 Å². The summed E-state index contributed by atoms with van der Waals surface area (Å²) in [6, 6.07) is 20.4. The van der Waals surface area contributed by atoms with E-state index in [2.05, 4.69) is 22.6 Å². The Morgan fingerprint density at radius 2 is 1.68 bits per heavy atom. The van der Waals surface area contributed by atoms with Crippen LogP contribution >= 0.6 is 22.6 Å². The topological polar surface area (TPSA) is 55.1 Å². The minimum atomic E-state index is -0.0993. The molecule has 4 rings (SSSR count). The Labute approximate surface area is 175 Å². The van der Waals surface area contributed by atoms with Crippen LogP contribution in [0.1, 0.15) is 17.0 Å². The van der Waals surface area contributed by atoms with Crippen LogP contribution in [0.2, 0.25) is 0 Å². The fraction of sp³-hybridized carbons (Fsp3) is 0.0435. The molecule has 0 aliphatic heterocycles. The molecule has 1 heterocycles. The number of aromatic nitrogens is 2. The molecule has 0 bridgehead atoms. The summed E-state index contributed by atoms with van der Waals surface area (Å²) >= 11 is 2.20. The van der Waals surface area contributed by atoms with Crippen LogP contribution in [0.5, 0.6) is 5.75 Å². The van der Waals surface area contributed by atoms with Crippen molar-refractivity contribution in [1.29, 1.82) is 0 Å². The Balaban J connectivity index is 1.93. The van der Waals surface area contributed by atoms with Gasteiger partial charge in [0, 0.05) is 3.57 Å². The van der Waals surface area contributed by atoms with E-state index in [1.165, 1.54) is 0 Å². The Bertz CT molecular complexity index is 1240. The van der Waals surface area contributed by atoms with Crippen LogP contribution in [0.4, 0.5) is 0 Å². The van der Waals surface area contributed by atoms with Crippen LogP contribution in [0.15, 0.2) is 71.5 Å². The highest BCUT2D eigenvalue weighted by atomic mass is 127. The molecule has 0 saturated heterocycles. The average Bonchev–Trinajstić information content (AvgIpc) is 2.69. The van der Waals surface area contributed by atoms with Gasteiger partial charge < -0.3 is 5.11 Å². The molecule has 0 amide bonds. The quantitative estimate of drug-likeness (QED) is 0.412. The average molecular weight is 480 g/mol. The molecular weight excluding hydrogens is 463 g/mol. The molecule has 3 aromatic carbocycles. The first-order chi connectivity index (χ1) is 13.5. The number of aryl methyl sites for hydroxylation is 1. The van der Waals surface area contributed by atoms with Gasteiger partial charge in [0.1, 0.15) is 11.6 Å². The second-order valence-corrected chi connectivity index (χ2v) is 7.78. The number of benzene rings is 3. The summed E-state index contributed by atoms with van der Waals surface area (Å²) in [6.45, 7) is 2.01. The van der Waals surface area contributed by atoms with Crippen molar-refractivity contribution in [3.05, 3.63) is 97.6 Å². The minimum absolute atomic E-state index is 0.0993. The normalized spacial score (nSPS) is 11.4. The number of aromatic hydroxyl groups is 1. The number of hydrogen-bond donors (Lipinski definition) is 1. The zero-order valence-corrected chi connectivity index (χ0v) is 17.3. The molecular formula is C23H17IN2O2. The number of nitrogens with zero attached hydrogens (tertiary/aromatic N) is 2. The highest BCUT2D eigenvalue weighted by Crippen LogP contribution is 2.18. The number of fused-ring (bicyclic) bond motifs is 1. The van der Waals surface area contributed by atoms with E-state index >= 15 is 0 Å². The zero-order chi connectivity index (χ0) is 19.7. The van der Waals surface area contributed by atoms with Crippen LogP contribution in [0.25, 0.3) is 28.7 Å². The third-order valence-corrected chi connectivity index (χ3v) is 5.14. The second-order valence-electron chi connectivity index (χ2n) is 6.53. The summed E-state index contributed by atoms with van der Waals surface area (Å²) in [5, 5.41) is 10.0. The zero-order valence-electron chi connectivity index (χ0n) is 15.1. The van der Waals surface area contributed by atoms with Gasteiger partial charge in [0.05, 0.1) is 16.6 Å². The molecule has 0 aliphatic rings. The first-order valence-electron chi connectivity index (χ1n) is 8.78.